The molecule has 0 atom stereocenters. The largest absolute Gasteiger partial charge is 0.457 e. The van der Waals surface area contributed by atoms with E-state index < -0.39 is 5.82 Å². The third-order valence-electron chi connectivity index (χ3n) is 2.36. The Balaban J connectivity index is 0.00000180. The lowest BCUT2D eigenvalue weighted by Gasteiger charge is -2.10. The van der Waals surface area contributed by atoms with Gasteiger partial charge in [0.1, 0.15) is 23.1 Å². The fourth-order valence-electron chi connectivity index (χ4n) is 1.47. The minimum atomic E-state index is -0.526. The Hall–Kier alpha value is -1.36. The maximum absolute atomic E-state index is 13.0. The van der Waals surface area contributed by atoms with E-state index in [0.29, 0.717) is 17.1 Å². The number of ether oxygens (including phenoxy) is 1. The Labute approximate surface area is 120 Å². The summed E-state index contributed by atoms with van der Waals surface area (Å²) in [6.07, 6.45) is 0. The van der Waals surface area contributed by atoms with Gasteiger partial charge in [0.15, 0.2) is 0 Å². The van der Waals surface area contributed by atoms with Crippen LogP contribution in [0.3, 0.4) is 0 Å². The monoisotopic (exact) mass is 305 g/mol. The first kappa shape index (κ1) is 15.7. The number of benzene rings is 2. The number of hydrogen-bond donors (Lipinski definition) is 1. The van der Waals surface area contributed by atoms with Crippen molar-refractivity contribution >= 4 is 24.0 Å². The third-order valence-corrected chi connectivity index (χ3v) is 2.65. The minimum absolute atomic E-state index is 0. The molecule has 0 fully saturated rings. The van der Waals surface area contributed by atoms with Gasteiger partial charge in [0, 0.05) is 18.2 Å². The summed E-state index contributed by atoms with van der Waals surface area (Å²) >= 11 is 5.64. The standard InChI is InChI=1S/C13H10ClF2NO.ClH/c14-11-6-10(2-3-12(11)16)18-13-4-1-9(15)5-8(13)7-17;/h1-6H,7,17H2;1H. The van der Waals surface area contributed by atoms with Crippen LogP contribution in [0.2, 0.25) is 5.02 Å². The van der Waals surface area contributed by atoms with Crippen molar-refractivity contribution in [1.29, 1.82) is 0 Å². The molecule has 6 heteroatoms. The summed E-state index contributed by atoms with van der Waals surface area (Å²) in [5, 5.41) is -0.0380. The highest BCUT2D eigenvalue weighted by Crippen LogP contribution is 2.28. The molecule has 0 spiro atoms. The molecule has 2 rings (SSSR count). The van der Waals surface area contributed by atoms with Crippen molar-refractivity contribution in [3.8, 4) is 11.5 Å². The molecule has 0 radical (unpaired) electrons. The molecule has 19 heavy (non-hydrogen) atoms. The summed E-state index contributed by atoms with van der Waals surface area (Å²) in [5.74, 6) is -0.133. The van der Waals surface area contributed by atoms with Crippen molar-refractivity contribution in [2.24, 2.45) is 5.73 Å². The fraction of sp³-hybridized carbons (Fsp3) is 0.0769. The molecule has 2 aromatic carbocycles. The number of rotatable bonds is 3. The first-order chi connectivity index (χ1) is 8.60. The molecule has 2 aromatic rings. The van der Waals surface area contributed by atoms with Crippen LogP contribution in [0.15, 0.2) is 36.4 Å². The first-order valence-electron chi connectivity index (χ1n) is 5.21. The normalized spacial score (nSPS) is 9.89. The van der Waals surface area contributed by atoms with E-state index in [-0.39, 0.29) is 29.8 Å². The molecule has 0 aliphatic carbocycles. The van der Waals surface area contributed by atoms with E-state index in [1.54, 1.807) is 0 Å². The zero-order valence-corrected chi connectivity index (χ0v) is 11.3. The average molecular weight is 306 g/mol. The van der Waals surface area contributed by atoms with E-state index in [0.717, 1.165) is 0 Å². The molecule has 0 aliphatic heterocycles. The summed E-state index contributed by atoms with van der Waals surface area (Å²) in [5.41, 5.74) is 6.02. The third kappa shape index (κ3) is 3.80. The van der Waals surface area contributed by atoms with Crippen LogP contribution in [0.5, 0.6) is 11.5 Å². The van der Waals surface area contributed by atoms with Gasteiger partial charge < -0.3 is 10.5 Å². The van der Waals surface area contributed by atoms with Crippen LogP contribution in [0.25, 0.3) is 0 Å². The molecule has 2 N–H and O–H groups in total. The van der Waals surface area contributed by atoms with Gasteiger partial charge in [-0.1, -0.05) is 11.6 Å². The summed E-state index contributed by atoms with van der Waals surface area (Å²) in [6, 6.07) is 8.00. The van der Waals surface area contributed by atoms with Crippen molar-refractivity contribution in [2.45, 2.75) is 6.54 Å². The second-order valence-corrected chi connectivity index (χ2v) is 4.04. The highest BCUT2D eigenvalue weighted by molar-refractivity contribution is 6.30. The predicted octanol–water partition coefficient (Wildman–Crippen LogP) is 4.29. The quantitative estimate of drug-likeness (QED) is 0.918. The number of nitrogens with two attached hydrogens (primary N) is 1. The average Bonchev–Trinajstić information content (AvgIpc) is 2.36. The summed E-state index contributed by atoms with van der Waals surface area (Å²) in [4.78, 5) is 0. The van der Waals surface area contributed by atoms with Gasteiger partial charge in [-0.25, -0.2) is 8.78 Å². The highest BCUT2D eigenvalue weighted by atomic mass is 35.5. The Morgan fingerprint density at radius 2 is 1.84 bits per heavy atom. The molecule has 0 unspecified atom stereocenters. The Kier molecular flexibility index (Phi) is 5.54. The Morgan fingerprint density at radius 3 is 2.47 bits per heavy atom. The van der Waals surface area contributed by atoms with Crippen molar-refractivity contribution in [2.75, 3.05) is 0 Å². The molecule has 0 amide bonds. The van der Waals surface area contributed by atoms with Crippen LogP contribution >= 0.6 is 24.0 Å². The van der Waals surface area contributed by atoms with E-state index in [2.05, 4.69) is 0 Å². The van der Waals surface area contributed by atoms with Crippen molar-refractivity contribution < 1.29 is 13.5 Å². The van der Waals surface area contributed by atoms with Gasteiger partial charge in [0.25, 0.3) is 0 Å². The molecular formula is C13H11Cl2F2NO. The fourth-order valence-corrected chi connectivity index (χ4v) is 1.64. The summed E-state index contributed by atoms with van der Waals surface area (Å²) < 4.78 is 31.5. The molecule has 0 saturated carbocycles. The molecule has 0 bridgehead atoms. The van der Waals surface area contributed by atoms with Crippen molar-refractivity contribution in [3.63, 3.8) is 0 Å². The number of halogens is 4. The zero-order chi connectivity index (χ0) is 13.1. The number of hydrogen-bond acceptors (Lipinski definition) is 2. The molecule has 102 valence electrons. The first-order valence-corrected chi connectivity index (χ1v) is 5.59. The minimum Gasteiger partial charge on any atom is -0.457 e. The van der Waals surface area contributed by atoms with Gasteiger partial charge in [-0.05, 0) is 30.3 Å². The molecule has 2 nitrogen and oxygen atoms in total. The summed E-state index contributed by atoms with van der Waals surface area (Å²) in [6.45, 7) is 0.141. The van der Waals surface area contributed by atoms with Gasteiger partial charge >= 0.3 is 0 Å². The van der Waals surface area contributed by atoms with E-state index in [1.807, 2.05) is 0 Å². The predicted molar refractivity (Wildman–Crippen MR) is 73.0 cm³/mol. The smallest absolute Gasteiger partial charge is 0.142 e. The Bertz CT molecular complexity index is 579. The van der Waals surface area contributed by atoms with E-state index in [4.69, 9.17) is 22.1 Å². The second-order valence-electron chi connectivity index (χ2n) is 3.63. The molecular weight excluding hydrogens is 295 g/mol. The summed E-state index contributed by atoms with van der Waals surface area (Å²) in [7, 11) is 0. The van der Waals surface area contributed by atoms with Gasteiger partial charge in [0.2, 0.25) is 0 Å². The SMILES string of the molecule is Cl.NCc1cc(F)ccc1Oc1ccc(F)c(Cl)c1. The van der Waals surface area contributed by atoms with Crippen molar-refractivity contribution in [1.82, 2.24) is 0 Å². The molecule has 0 heterocycles. The lowest BCUT2D eigenvalue weighted by atomic mass is 10.2. The van der Waals surface area contributed by atoms with E-state index >= 15 is 0 Å². The van der Waals surface area contributed by atoms with E-state index in [1.165, 1.54) is 36.4 Å². The molecule has 0 aromatic heterocycles. The molecule has 0 aliphatic rings. The zero-order valence-electron chi connectivity index (χ0n) is 9.70. The van der Waals surface area contributed by atoms with Crippen LogP contribution in [-0.4, -0.2) is 0 Å². The van der Waals surface area contributed by atoms with Gasteiger partial charge in [0.05, 0.1) is 5.02 Å². The lowest BCUT2D eigenvalue weighted by molar-refractivity contribution is 0.472. The van der Waals surface area contributed by atoms with Crippen LogP contribution in [0, 0.1) is 11.6 Å². The Morgan fingerprint density at radius 1 is 1.11 bits per heavy atom. The highest BCUT2D eigenvalue weighted by Gasteiger charge is 2.07. The van der Waals surface area contributed by atoms with Crippen molar-refractivity contribution in [3.05, 3.63) is 58.6 Å². The second kappa shape index (κ2) is 6.70. The van der Waals surface area contributed by atoms with Gasteiger partial charge in [-0.3, -0.25) is 0 Å². The van der Waals surface area contributed by atoms with Gasteiger partial charge in [-0.15, -0.1) is 12.4 Å². The lowest BCUT2D eigenvalue weighted by Crippen LogP contribution is -2.00. The maximum Gasteiger partial charge on any atom is 0.142 e. The maximum atomic E-state index is 13.0. The van der Waals surface area contributed by atoms with Crippen LogP contribution in [0.4, 0.5) is 8.78 Å². The topological polar surface area (TPSA) is 35.2 Å². The molecule has 0 saturated heterocycles. The van der Waals surface area contributed by atoms with Gasteiger partial charge in [-0.2, -0.15) is 0 Å². The van der Waals surface area contributed by atoms with Crippen LogP contribution in [0.1, 0.15) is 5.56 Å². The van der Waals surface area contributed by atoms with E-state index in [9.17, 15) is 8.78 Å². The van der Waals surface area contributed by atoms with Crippen LogP contribution < -0.4 is 10.5 Å². The van der Waals surface area contributed by atoms with Crippen LogP contribution in [-0.2, 0) is 6.54 Å².